The minimum Gasteiger partial charge on any atom is -0.496 e. The van der Waals surface area contributed by atoms with Crippen LogP contribution in [0.4, 0.5) is 0 Å². The monoisotopic (exact) mass is 307 g/mol. The van der Waals surface area contributed by atoms with E-state index in [4.69, 9.17) is 4.74 Å². The van der Waals surface area contributed by atoms with Crippen molar-refractivity contribution >= 4 is 5.97 Å². The van der Waals surface area contributed by atoms with E-state index in [9.17, 15) is 15.0 Å². The van der Waals surface area contributed by atoms with Crippen molar-refractivity contribution in [2.45, 2.75) is 51.3 Å². The van der Waals surface area contributed by atoms with E-state index in [1.165, 1.54) is 5.56 Å². The molecule has 122 valence electrons. The number of carboxylic acids is 1. The predicted molar refractivity (Wildman–Crippen MR) is 84.2 cm³/mol. The van der Waals surface area contributed by atoms with Crippen molar-refractivity contribution in [3.8, 4) is 5.75 Å². The van der Waals surface area contributed by atoms with Gasteiger partial charge in [-0.25, -0.2) is 0 Å². The molecule has 0 amide bonds. The van der Waals surface area contributed by atoms with Gasteiger partial charge in [0.15, 0.2) is 0 Å². The van der Waals surface area contributed by atoms with Crippen molar-refractivity contribution < 1.29 is 19.7 Å². The number of methoxy groups -OCH3 is 1. The lowest BCUT2D eigenvalue weighted by atomic mass is 9.96. The van der Waals surface area contributed by atoms with Crippen LogP contribution in [-0.2, 0) is 11.3 Å². The number of carbonyl (C=O) groups is 1. The summed E-state index contributed by atoms with van der Waals surface area (Å²) in [5, 5.41) is 19.1. The summed E-state index contributed by atoms with van der Waals surface area (Å²) in [7, 11) is 1.63. The van der Waals surface area contributed by atoms with E-state index in [0.29, 0.717) is 25.4 Å². The molecule has 5 heteroatoms. The summed E-state index contributed by atoms with van der Waals surface area (Å²) >= 11 is 0. The number of hydrogen-bond donors (Lipinski definition) is 2. The van der Waals surface area contributed by atoms with Gasteiger partial charge in [0, 0.05) is 18.7 Å². The number of likely N-dealkylation sites (tertiary alicyclic amines) is 1. The molecule has 0 saturated carbocycles. The fraction of sp³-hybridized carbons (Fsp3) is 0.588. The van der Waals surface area contributed by atoms with Crippen LogP contribution in [-0.4, -0.2) is 46.9 Å². The number of hydrogen-bond acceptors (Lipinski definition) is 4. The van der Waals surface area contributed by atoms with Crippen LogP contribution in [0, 0.1) is 0 Å². The van der Waals surface area contributed by atoms with Gasteiger partial charge in [0.25, 0.3) is 0 Å². The second kappa shape index (κ2) is 7.11. The Morgan fingerprint density at radius 2 is 2.18 bits per heavy atom. The van der Waals surface area contributed by atoms with Crippen LogP contribution < -0.4 is 4.74 Å². The maximum absolute atomic E-state index is 11.4. The molecule has 0 aliphatic carbocycles. The molecular formula is C17H25NO4. The zero-order chi connectivity index (χ0) is 16.3. The quantitative estimate of drug-likeness (QED) is 0.873. The molecule has 1 heterocycles. The van der Waals surface area contributed by atoms with Crippen molar-refractivity contribution in [1.82, 2.24) is 4.90 Å². The van der Waals surface area contributed by atoms with Crippen molar-refractivity contribution in [3.63, 3.8) is 0 Å². The van der Waals surface area contributed by atoms with Crippen LogP contribution >= 0.6 is 0 Å². The molecule has 0 bridgehead atoms. The average Bonchev–Trinajstić information content (AvgIpc) is 2.48. The molecule has 2 atom stereocenters. The smallest absolute Gasteiger partial charge is 0.321 e. The summed E-state index contributed by atoms with van der Waals surface area (Å²) in [6, 6.07) is 5.44. The molecule has 22 heavy (non-hydrogen) atoms. The van der Waals surface area contributed by atoms with Gasteiger partial charge in [-0.15, -0.1) is 0 Å². The van der Waals surface area contributed by atoms with Gasteiger partial charge in [0.1, 0.15) is 11.8 Å². The molecule has 0 unspecified atom stereocenters. The summed E-state index contributed by atoms with van der Waals surface area (Å²) in [5.74, 6) is 0.306. The first-order valence-corrected chi connectivity index (χ1v) is 7.74. The Kier molecular flexibility index (Phi) is 5.42. The molecule has 1 aromatic carbocycles. The normalized spacial score (nSPS) is 22.8. The Bertz CT molecular complexity index is 529. The van der Waals surface area contributed by atoms with Crippen molar-refractivity contribution in [3.05, 3.63) is 29.3 Å². The van der Waals surface area contributed by atoms with Crippen molar-refractivity contribution in [2.75, 3.05) is 13.7 Å². The van der Waals surface area contributed by atoms with Gasteiger partial charge in [0.2, 0.25) is 0 Å². The van der Waals surface area contributed by atoms with Gasteiger partial charge in [-0.2, -0.15) is 0 Å². The van der Waals surface area contributed by atoms with Crippen LogP contribution in [0.1, 0.15) is 43.7 Å². The number of ether oxygens (including phenoxy) is 1. The fourth-order valence-electron chi connectivity index (χ4n) is 2.94. The predicted octanol–water partition coefficient (Wildman–Crippen LogP) is 2.23. The molecule has 1 fully saturated rings. The highest BCUT2D eigenvalue weighted by Crippen LogP contribution is 2.28. The van der Waals surface area contributed by atoms with E-state index in [2.05, 4.69) is 19.9 Å². The lowest BCUT2D eigenvalue weighted by Crippen LogP contribution is -2.48. The number of aliphatic carboxylic acids is 1. The number of aliphatic hydroxyl groups is 1. The Hall–Kier alpha value is -1.59. The zero-order valence-corrected chi connectivity index (χ0v) is 13.5. The SMILES string of the molecule is COc1ccc(C(C)C)cc1CN1CC[C@@H](O)C[C@H]1C(=O)O. The highest BCUT2D eigenvalue weighted by molar-refractivity contribution is 5.73. The molecule has 1 aromatic rings. The second-order valence-corrected chi connectivity index (χ2v) is 6.23. The number of piperidine rings is 1. The van der Waals surface area contributed by atoms with Gasteiger partial charge >= 0.3 is 5.97 Å². The zero-order valence-electron chi connectivity index (χ0n) is 13.5. The van der Waals surface area contributed by atoms with Gasteiger partial charge in [-0.3, -0.25) is 9.69 Å². The maximum Gasteiger partial charge on any atom is 0.321 e. The molecule has 0 spiro atoms. The summed E-state index contributed by atoms with van der Waals surface area (Å²) in [4.78, 5) is 13.4. The summed E-state index contributed by atoms with van der Waals surface area (Å²) in [6.07, 6.45) is 0.360. The third-order valence-electron chi connectivity index (χ3n) is 4.32. The molecular weight excluding hydrogens is 282 g/mol. The third kappa shape index (κ3) is 3.78. The minimum absolute atomic E-state index is 0.279. The first kappa shape index (κ1) is 16.8. The average molecular weight is 307 g/mol. The lowest BCUT2D eigenvalue weighted by Gasteiger charge is -2.35. The van der Waals surface area contributed by atoms with Crippen LogP contribution in [0.2, 0.25) is 0 Å². The fourth-order valence-corrected chi connectivity index (χ4v) is 2.94. The van der Waals surface area contributed by atoms with Crippen LogP contribution in [0.5, 0.6) is 5.75 Å². The van der Waals surface area contributed by atoms with Crippen molar-refractivity contribution in [2.24, 2.45) is 0 Å². The number of benzene rings is 1. The Balaban J connectivity index is 2.24. The van der Waals surface area contributed by atoms with E-state index >= 15 is 0 Å². The van der Waals surface area contributed by atoms with E-state index in [1.807, 2.05) is 17.0 Å². The number of carboxylic acid groups (broad SMARTS) is 1. The summed E-state index contributed by atoms with van der Waals surface area (Å²) < 4.78 is 5.41. The molecule has 0 radical (unpaired) electrons. The molecule has 2 N–H and O–H groups in total. The number of aliphatic hydroxyl groups excluding tert-OH is 1. The Morgan fingerprint density at radius 3 is 2.77 bits per heavy atom. The first-order chi connectivity index (χ1) is 10.4. The number of nitrogens with zero attached hydrogens (tertiary/aromatic N) is 1. The molecule has 2 rings (SSSR count). The van der Waals surface area contributed by atoms with Gasteiger partial charge in [-0.1, -0.05) is 26.0 Å². The molecule has 1 aliphatic heterocycles. The van der Waals surface area contributed by atoms with Gasteiger partial charge in [-0.05, 0) is 30.4 Å². The second-order valence-electron chi connectivity index (χ2n) is 6.23. The maximum atomic E-state index is 11.4. The largest absolute Gasteiger partial charge is 0.496 e. The van der Waals surface area contributed by atoms with Crippen LogP contribution in [0.25, 0.3) is 0 Å². The van der Waals surface area contributed by atoms with Crippen LogP contribution in [0.15, 0.2) is 18.2 Å². The lowest BCUT2D eigenvalue weighted by molar-refractivity contribution is -0.147. The highest BCUT2D eigenvalue weighted by atomic mass is 16.5. The molecule has 1 aliphatic rings. The molecule has 0 aromatic heterocycles. The van der Waals surface area contributed by atoms with E-state index < -0.39 is 18.1 Å². The summed E-state index contributed by atoms with van der Waals surface area (Å²) in [6.45, 7) is 5.35. The minimum atomic E-state index is -0.877. The van der Waals surface area contributed by atoms with Gasteiger partial charge < -0.3 is 14.9 Å². The first-order valence-electron chi connectivity index (χ1n) is 7.74. The topological polar surface area (TPSA) is 70.0 Å². The highest BCUT2D eigenvalue weighted by Gasteiger charge is 2.33. The molecule has 1 saturated heterocycles. The Morgan fingerprint density at radius 1 is 1.45 bits per heavy atom. The number of rotatable bonds is 5. The van der Waals surface area contributed by atoms with E-state index in [-0.39, 0.29) is 6.42 Å². The Labute approximate surface area is 131 Å². The summed E-state index contributed by atoms with van der Waals surface area (Å²) in [5.41, 5.74) is 2.20. The van der Waals surface area contributed by atoms with E-state index in [0.717, 1.165) is 11.3 Å². The van der Waals surface area contributed by atoms with Crippen LogP contribution in [0.3, 0.4) is 0 Å². The molecule has 5 nitrogen and oxygen atoms in total. The van der Waals surface area contributed by atoms with Gasteiger partial charge in [0.05, 0.1) is 13.2 Å². The standard InChI is InChI=1S/C17H25NO4/c1-11(2)12-4-5-16(22-3)13(8-12)10-18-7-6-14(19)9-15(18)17(20)21/h4-5,8,11,14-15,19H,6-7,9-10H2,1-3H3,(H,20,21)/t14-,15+/m1/s1. The van der Waals surface area contributed by atoms with Crippen molar-refractivity contribution in [1.29, 1.82) is 0 Å². The van der Waals surface area contributed by atoms with E-state index in [1.54, 1.807) is 7.11 Å². The third-order valence-corrected chi connectivity index (χ3v) is 4.32.